The molecule has 0 amide bonds. The number of halogens is 2. The molecule has 1 aromatic rings. The van der Waals surface area contributed by atoms with Gasteiger partial charge in [-0.3, -0.25) is 4.68 Å². The minimum absolute atomic E-state index is 0.0123. The van der Waals surface area contributed by atoms with Crippen LogP contribution in [0.3, 0.4) is 0 Å². The first-order valence-electron chi connectivity index (χ1n) is 2.55. The van der Waals surface area contributed by atoms with E-state index in [4.69, 9.17) is 10.7 Å². The van der Waals surface area contributed by atoms with E-state index in [0.29, 0.717) is 0 Å². The fraction of sp³-hybridized carbons (Fsp3) is 0.250. The van der Waals surface area contributed by atoms with E-state index in [2.05, 4.69) is 21.0 Å². The Hall–Kier alpha value is -0.0700. The second kappa shape index (κ2) is 2.76. The molecule has 4 nitrogen and oxygen atoms in total. The molecule has 0 radical (unpaired) electrons. The molecule has 1 rings (SSSR count). The summed E-state index contributed by atoms with van der Waals surface area (Å²) in [4.78, 5) is -0.0123. The summed E-state index contributed by atoms with van der Waals surface area (Å²) in [6.07, 6.45) is 1.33. The van der Waals surface area contributed by atoms with E-state index in [-0.39, 0.29) is 9.50 Å². The molecule has 7 heteroatoms. The predicted octanol–water partition coefficient (Wildman–Crippen LogP) is 1.11. The quantitative estimate of drug-likeness (QED) is 0.710. The van der Waals surface area contributed by atoms with Crippen molar-refractivity contribution in [3.63, 3.8) is 0 Å². The molecule has 62 valence electrons. The van der Waals surface area contributed by atoms with Gasteiger partial charge in [0.15, 0.2) is 0 Å². The average Bonchev–Trinajstić information content (AvgIpc) is 2.08. The van der Waals surface area contributed by atoms with Crippen LogP contribution in [-0.2, 0) is 16.1 Å². The van der Waals surface area contributed by atoms with Crippen LogP contribution in [0.4, 0.5) is 0 Å². The third kappa shape index (κ3) is 1.94. The van der Waals surface area contributed by atoms with Gasteiger partial charge in [0.1, 0.15) is 9.50 Å². The zero-order valence-corrected chi connectivity index (χ0v) is 8.61. The average molecular weight is 260 g/mol. The summed E-state index contributed by atoms with van der Waals surface area (Å²) in [5.74, 6) is 0. The highest BCUT2D eigenvalue weighted by molar-refractivity contribution is 9.10. The Balaban J connectivity index is 3.36. The van der Waals surface area contributed by atoms with Crippen molar-refractivity contribution in [3.05, 3.63) is 10.8 Å². The van der Waals surface area contributed by atoms with E-state index < -0.39 is 9.05 Å². The predicted molar refractivity (Wildman–Crippen MR) is 43.9 cm³/mol. The highest BCUT2D eigenvalue weighted by atomic mass is 79.9. The van der Waals surface area contributed by atoms with Crippen molar-refractivity contribution >= 4 is 35.7 Å². The summed E-state index contributed by atoms with van der Waals surface area (Å²) in [6, 6.07) is 0. The van der Waals surface area contributed by atoms with Crippen LogP contribution in [-0.4, -0.2) is 18.2 Å². The van der Waals surface area contributed by atoms with Gasteiger partial charge in [-0.05, 0) is 15.9 Å². The Morgan fingerprint density at radius 2 is 2.27 bits per heavy atom. The van der Waals surface area contributed by atoms with Crippen LogP contribution in [0.25, 0.3) is 0 Å². The monoisotopic (exact) mass is 258 g/mol. The summed E-state index contributed by atoms with van der Waals surface area (Å²) in [5.41, 5.74) is 0. The fourth-order valence-electron chi connectivity index (χ4n) is 0.603. The molecule has 0 unspecified atom stereocenters. The second-order valence-electron chi connectivity index (χ2n) is 1.90. The van der Waals surface area contributed by atoms with Crippen LogP contribution in [0.5, 0.6) is 0 Å². The normalized spacial score (nSPS) is 11.9. The number of nitrogens with zero attached hydrogens (tertiary/aromatic N) is 2. The zero-order valence-electron chi connectivity index (χ0n) is 5.45. The van der Waals surface area contributed by atoms with E-state index in [1.165, 1.54) is 10.9 Å². The number of hydrogen-bond donors (Lipinski definition) is 0. The maximum atomic E-state index is 10.7. The van der Waals surface area contributed by atoms with Crippen molar-refractivity contribution in [1.29, 1.82) is 0 Å². The Morgan fingerprint density at radius 3 is 2.45 bits per heavy atom. The van der Waals surface area contributed by atoms with Crippen molar-refractivity contribution in [1.82, 2.24) is 9.78 Å². The van der Waals surface area contributed by atoms with E-state index >= 15 is 0 Å². The van der Waals surface area contributed by atoms with Gasteiger partial charge < -0.3 is 0 Å². The van der Waals surface area contributed by atoms with Crippen molar-refractivity contribution in [2.75, 3.05) is 0 Å². The molecule has 0 aromatic carbocycles. The van der Waals surface area contributed by atoms with Crippen molar-refractivity contribution in [2.24, 2.45) is 7.05 Å². The van der Waals surface area contributed by atoms with E-state index in [1.54, 1.807) is 7.05 Å². The van der Waals surface area contributed by atoms with Gasteiger partial charge in [0.05, 0.1) is 0 Å². The molecule has 1 aromatic heterocycles. The largest absolute Gasteiger partial charge is 0.273 e. The number of aromatic nitrogens is 2. The molecule has 0 bridgehead atoms. The standard InChI is InChI=1S/C4H4BrClN2O2S/c1-8-2-3(4(5)7-8)11(6,9)10/h2H,1H3. The van der Waals surface area contributed by atoms with Gasteiger partial charge >= 0.3 is 0 Å². The topological polar surface area (TPSA) is 52.0 Å². The summed E-state index contributed by atoms with van der Waals surface area (Å²) >= 11 is 2.96. The summed E-state index contributed by atoms with van der Waals surface area (Å²) in [6.45, 7) is 0. The summed E-state index contributed by atoms with van der Waals surface area (Å²) in [5, 5.41) is 3.75. The highest BCUT2D eigenvalue weighted by Crippen LogP contribution is 2.22. The van der Waals surface area contributed by atoms with Crippen LogP contribution in [0, 0.1) is 0 Å². The summed E-state index contributed by atoms with van der Waals surface area (Å²) < 4.78 is 23.1. The lowest BCUT2D eigenvalue weighted by Crippen LogP contribution is -1.88. The number of aryl methyl sites for hydroxylation is 1. The fourth-order valence-corrected chi connectivity index (χ4v) is 2.73. The molecule has 0 aliphatic carbocycles. The molecule has 1 heterocycles. The first-order valence-corrected chi connectivity index (χ1v) is 5.65. The van der Waals surface area contributed by atoms with Gasteiger partial charge in [-0.1, -0.05) is 0 Å². The third-order valence-corrected chi connectivity index (χ3v) is 3.19. The lowest BCUT2D eigenvalue weighted by Gasteiger charge is -1.86. The summed E-state index contributed by atoms with van der Waals surface area (Å²) in [7, 11) is 3.00. The van der Waals surface area contributed by atoms with Crippen LogP contribution < -0.4 is 0 Å². The van der Waals surface area contributed by atoms with E-state index in [0.717, 1.165) is 0 Å². The Morgan fingerprint density at radius 1 is 1.73 bits per heavy atom. The molecule has 0 aliphatic rings. The van der Waals surface area contributed by atoms with Crippen molar-refractivity contribution < 1.29 is 8.42 Å². The molecule has 0 atom stereocenters. The number of hydrogen-bond acceptors (Lipinski definition) is 3. The molecule has 0 fully saturated rings. The van der Waals surface area contributed by atoms with E-state index in [9.17, 15) is 8.42 Å². The number of rotatable bonds is 1. The first-order chi connectivity index (χ1) is 4.91. The lowest BCUT2D eigenvalue weighted by molar-refractivity contribution is 0.609. The lowest BCUT2D eigenvalue weighted by atomic mass is 10.7. The van der Waals surface area contributed by atoms with Crippen LogP contribution in [0.15, 0.2) is 15.7 Å². The minimum Gasteiger partial charge on any atom is -0.273 e. The van der Waals surface area contributed by atoms with Gasteiger partial charge in [0.25, 0.3) is 9.05 Å². The van der Waals surface area contributed by atoms with Crippen LogP contribution in [0.1, 0.15) is 0 Å². The highest BCUT2D eigenvalue weighted by Gasteiger charge is 2.17. The van der Waals surface area contributed by atoms with E-state index in [1.807, 2.05) is 0 Å². The van der Waals surface area contributed by atoms with Crippen molar-refractivity contribution in [3.8, 4) is 0 Å². The van der Waals surface area contributed by atoms with Crippen LogP contribution in [0.2, 0.25) is 0 Å². The Kier molecular flexibility index (Phi) is 2.27. The molecule has 0 N–H and O–H groups in total. The molecule has 11 heavy (non-hydrogen) atoms. The van der Waals surface area contributed by atoms with Crippen molar-refractivity contribution in [2.45, 2.75) is 4.90 Å². The third-order valence-electron chi connectivity index (χ3n) is 1.02. The molecule has 0 saturated carbocycles. The van der Waals surface area contributed by atoms with Gasteiger partial charge in [-0.15, -0.1) is 0 Å². The zero-order chi connectivity index (χ0) is 8.65. The minimum atomic E-state index is -3.67. The Labute approximate surface area is 76.7 Å². The molecular formula is C4H4BrClN2O2S. The maximum Gasteiger partial charge on any atom is 0.265 e. The molecule has 0 saturated heterocycles. The molecule has 0 spiro atoms. The SMILES string of the molecule is Cn1cc(S(=O)(=O)Cl)c(Br)n1. The Bertz CT molecular complexity index is 371. The van der Waals surface area contributed by atoms with Crippen LogP contribution >= 0.6 is 26.6 Å². The van der Waals surface area contributed by atoms with Gasteiger partial charge in [0.2, 0.25) is 0 Å². The van der Waals surface area contributed by atoms with Gasteiger partial charge in [0, 0.05) is 23.9 Å². The van der Waals surface area contributed by atoms with Gasteiger partial charge in [-0.2, -0.15) is 5.10 Å². The first kappa shape index (κ1) is 9.02. The second-order valence-corrected chi connectivity index (χ2v) is 5.18. The maximum absolute atomic E-state index is 10.7. The molecule has 0 aliphatic heterocycles. The van der Waals surface area contributed by atoms with Gasteiger partial charge in [-0.25, -0.2) is 8.42 Å². The molecular weight excluding hydrogens is 255 g/mol. The smallest absolute Gasteiger partial charge is 0.265 e.